The second kappa shape index (κ2) is 9.27. The monoisotopic (exact) mass is 469 g/mol. The molecule has 0 aromatic heterocycles. The first-order chi connectivity index (χ1) is 15.7. The number of anilines is 2. The summed E-state index contributed by atoms with van der Waals surface area (Å²) in [4.78, 5) is 26.7. The van der Waals surface area contributed by atoms with Gasteiger partial charge in [0.05, 0.1) is 4.90 Å². The standard InChI is InChI=1S/C25H31N3O4S/c1-17-6-4-7-18(2)24(17)26-25(30)20-11-14-27(15-12-20)33(31,32)22-9-10-23-21(16-22)8-5-13-28(23)19(3)29/h4,6-7,9-10,16,20H,5,8,11-15H2,1-3H3,(H,26,30). The Balaban J connectivity index is 1.44. The molecule has 0 radical (unpaired) electrons. The normalized spacial score (nSPS) is 17.5. The van der Waals surface area contributed by atoms with E-state index in [0.29, 0.717) is 32.5 Å². The van der Waals surface area contributed by atoms with Crippen molar-refractivity contribution in [1.82, 2.24) is 4.31 Å². The second-order valence-corrected chi connectivity index (χ2v) is 10.9. The van der Waals surface area contributed by atoms with Crippen LogP contribution in [0.15, 0.2) is 41.3 Å². The third-order valence-corrected chi connectivity index (χ3v) is 8.64. The SMILES string of the molecule is CC(=O)N1CCCc2cc(S(=O)(=O)N3CCC(C(=O)Nc4c(C)cccc4C)CC3)ccc21. The highest BCUT2D eigenvalue weighted by molar-refractivity contribution is 7.89. The lowest BCUT2D eigenvalue weighted by Gasteiger charge is -2.32. The van der Waals surface area contributed by atoms with Gasteiger partial charge in [0, 0.05) is 43.9 Å². The number of fused-ring (bicyclic) bond motifs is 1. The van der Waals surface area contributed by atoms with E-state index in [-0.39, 0.29) is 22.6 Å². The van der Waals surface area contributed by atoms with Crippen molar-refractivity contribution in [2.24, 2.45) is 5.92 Å². The number of hydrogen-bond donors (Lipinski definition) is 1. The summed E-state index contributed by atoms with van der Waals surface area (Å²) >= 11 is 0. The van der Waals surface area contributed by atoms with Gasteiger partial charge in [-0.05, 0) is 74.4 Å². The Hall–Kier alpha value is -2.71. The summed E-state index contributed by atoms with van der Waals surface area (Å²) in [5, 5.41) is 3.04. The first-order valence-corrected chi connectivity index (χ1v) is 12.9. The second-order valence-electron chi connectivity index (χ2n) is 9.00. The Kier molecular flexibility index (Phi) is 6.59. The van der Waals surface area contributed by atoms with Crippen molar-refractivity contribution in [1.29, 1.82) is 0 Å². The molecular formula is C25H31N3O4S. The zero-order chi connectivity index (χ0) is 23.8. The number of piperidine rings is 1. The van der Waals surface area contributed by atoms with E-state index in [0.717, 1.165) is 40.9 Å². The van der Waals surface area contributed by atoms with E-state index in [1.54, 1.807) is 23.1 Å². The molecule has 0 aliphatic carbocycles. The largest absolute Gasteiger partial charge is 0.325 e. The zero-order valence-electron chi connectivity index (χ0n) is 19.4. The van der Waals surface area contributed by atoms with Crippen molar-refractivity contribution < 1.29 is 18.0 Å². The number of carbonyl (C=O) groups excluding carboxylic acids is 2. The summed E-state index contributed by atoms with van der Waals surface area (Å²) in [6.45, 7) is 6.73. The van der Waals surface area contributed by atoms with Gasteiger partial charge in [-0.3, -0.25) is 9.59 Å². The molecule has 0 atom stereocenters. The molecule has 0 bridgehead atoms. The van der Waals surface area contributed by atoms with E-state index in [4.69, 9.17) is 0 Å². The zero-order valence-corrected chi connectivity index (χ0v) is 20.2. The molecule has 7 nitrogen and oxygen atoms in total. The number of aryl methyl sites for hydroxylation is 3. The molecule has 2 aromatic carbocycles. The maximum absolute atomic E-state index is 13.3. The van der Waals surface area contributed by atoms with Crippen LogP contribution in [0, 0.1) is 19.8 Å². The van der Waals surface area contributed by atoms with Crippen LogP contribution >= 0.6 is 0 Å². The van der Waals surface area contributed by atoms with Crippen LogP contribution < -0.4 is 10.2 Å². The minimum atomic E-state index is -3.66. The molecule has 4 rings (SSSR count). The average Bonchev–Trinajstić information content (AvgIpc) is 2.80. The van der Waals surface area contributed by atoms with Crippen LogP contribution in [-0.2, 0) is 26.0 Å². The number of hydrogen-bond acceptors (Lipinski definition) is 4. The fourth-order valence-electron chi connectivity index (χ4n) is 4.81. The van der Waals surface area contributed by atoms with Crippen molar-refractivity contribution in [3.8, 4) is 0 Å². The minimum absolute atomic E-state index is 0.0344. The molecule has 2 aliphatic rings. The van der Waals surface area contributed by atoms with Crippen LogP contribution in [0.5, 0.6) is 0 Å². The van der Waals surface area contributed by atoms with Gasteiger partial charge in [-0.1, -0.05) is 18.2 Å². The highest BCUT2D eigenvalue weighted by Gasteiger charge is 2.33. The first kappa shape index (κ1) is 23.4. The predicted molar refractivity (Wildman–Crippen MR) is 129 cm³/mol. The van der Waals surface area contributed by atoms with Gasteiger partial charge in [-0.25, -0.2) is 8.42 Å². The minimum Gasteiger partial charge on any atom is -0.325 e. The summed E-state index contributed by atoms with van der Waals surface area (Å²) in [6, 6.07) is 10.9. The lowest BCUT2D eigenvalue weighted by Crippen LogP contribution is -2.41. The third-order valence-electron chi connectivity index (χ3n) is 6.74. The van der Waals surface area contributed by atoms with Gasteiger partial charge in [0.1, 0.15) is 0 Å². The van der Waals surface area contributed by atoms with Gasteiger partial charge in [0.15, 0.2) is 0 Å². The lowest BCUT2D eigenvalue weighted by atomic mass is 9.96. The van der Waals surface area contributed by atoms with Crippen molar-refractivity contribution >= 4 is 33.2 Å². The van der Waals surface area contributed by atoms with E-state index in [2.05, 4.69) is 5.32 Å². The quantitative estimate of drug-likeness (QED) is 0.741. The first-order valence-electron chi connectivity index (χ1n) is 11.5. The smallest absolute Gasteiger partial charge is 0.243 e. The molecule has 176 valence electrons. The molecule has 8 heteroatoms. The van der Waals surface area contributed by atoms with E-state index in [9.17, 15) is 18.0 Å². The molecule has 2 heterocycles. The van der Waals surface area contributed by atoms with Crippen LogP contribution in [0.25, 0.3) is 0 Å². The molecule has 0 unspecified atom stereocenters. The fourth-order valence-corrected chi connectivity index (χ4v) is 6.33. The highest BCUT2D eigenvalue weighted by atomic mass is 32.2. The summed E-state index contributed by atoms with van der Waals surface area (Å²) in [5.41, 5.74) is 4.56. The molecule has 1 saturated heterocycles. The molecule has 1 fully saturated rings. The van der Waals surface area contributed by atoms with Crippen LogP contribution in [0.3, 0.4) is 0 Å². The molecule has 2 aromatic rings. The molecule has 33 heavy (non-hydrogen) atoms. The van der Waals surface area contributed by atoms with Crippen LogP contribution in [-0.4, -0.2) is 44.2 Å². The summed E-state index contributed by atoms with van der Waals surface area (Å²) in [7, 11) is -3.66. The number of carbonyl (C=O) groups is 2. The van der Waals surface area contributed by atoms with Gasteiger partial charge in [0.2, 0.25) is 21.8 Å². The van der Waals surface area contributed by atoms with Gasteiger partial charge in [-0.15, -0.1) is 0 Å². The van der Waals surface area contributed by atoms with Crippen molar-refractivity contribution in [3.05, 3.63) is 53.1 Å². The summed E-state index contributed by atoms with van der Waals surface area (Å²) < 4.78 is 28.1. The highest BCUT2D eigenvalue weighted by Crippen LogP contribution is 2.32. The number of para-hydroxylation sites is 1. The van der Waals surface area contributed by atoms with Gasteiger partial charge in [0.25, 0.3) is 0 Å². The van der Waals surface area contributed by atoms with Gasteiger partial charge < -0.3 is 10.2 Å². The molecule has 0 saturated carbocycles. The molecule has 1 N–H and O–H groups in total. The number of benzene rings is 2. The number of nitrogens with zero attached hydrogens (tertiary/aromatic N) is 2. The number of amides is 2. The molecule has 2 amide bonds. The predicted octanol–water partition coefficient (Wildman–Crippen LogP) is 3.64. The Bertz CT molecular complexity index is 1160. The molecule has 0 spiro atoms. The maximum atomic E-state index is 13.3. The van der Waals surface area contributed by atoms with Gasteiger partial charge >= 0.3 is 0 Å². The van der Waals surface area contributed by atoms with Crippen LogP contribution in [0.1, 0.15) is 42.9 Å². The van der Waals surface area contributed by atoms with Crippen LogP contribution in [0.2, 0.25) is 0 Å². The third kappa shape index (κ3) is 4.68. The van der Waals surface area contributed by atoms with Gasteiger partial charge in [-0.2, -0.15) is 4.31 Å². The van der Waals surface area contributed by atoms with E-state index >= 15 is 0 Å². The topological polar surface area (TPSA) is 86.8 Å². The Morgan fingerprint density at radius 3 is 2.30 bits per heavy atom. The number of sulfonamides is 1. The van der Waals surface area contributed by atoms with E-state index < -0.39 is 10.0 Å². The Labute approximate surface area is 195 Å². The van der Waals surface area contributed by atoms with Crippen LogP contribution in [0.4, 0.5) is 11.4 Å². The van der Waals surface area contributed by atoms with Crippen molar-refractivity contribution in [3.63, 3.8) is 0 Å². The van der Waals surface area contributed by atoms with Crippen molar-refractivity contribution in [2.45, 2.75) is 51.3 Å². The maximum Gasteiger partial charge on any atom is 0.243 e. The Morgan fingerprint density at radius 2 is 1.67 bits per heavy atom. The summed E-state index contributed by atoms with van der Waals surface area (Å²) in [6.07, 6.45) is 2.54. The van der Waals surface area contributed by atoms with E-state index in [1.165, 1.54) is 11.2 Å². The van der Waals surface area contributed by atoms with Crippen molar-refractivity contribution in [2.75, 3.05) is 29.9 Å². The number of nitrogens with one attached hydrogen (secondary N) is 1. The Morgan fingerprint density at radius 1 is 1.00 bits per heavy atom. The number of rotatable bonds is 4. The lowest BCUT2D eigenvalue weighted by molar-refractivity contribution is -0.121. The molecule has 2 aliphatic heterocycles. The average molecular weight is 470 g/mol. The summed E-state index contributed by atoms with van der Waals surface area (Å²) in [5.74, 6) is -0.307. The van der Waals surface area contributed by atoms with E-state index in [1.807, 2.05) is 32.0 Å². The molecular weight excluding hydrogens is 438 g/mol. The fraction of sp³-hybridized carbons (Fsp3) is 0.440.